The van der Waals surface area contributed by atoms with Crippen LogP contribution in [0.25, 0.3) is 11.0 Å². The summed E-state index contributed by atoms with van der Waals surface area (Å²) < 4.78 is 20.1. The van der Waals surface area contributed by atoms with E-state index in [0.29, 0.717) is 15.9 Å². The van der Waals surface area contributed by atoms with Gasteiger partial charge in [-0.1, -0.05) is 12.1 Å². The molecule has 6 heteroatoms. The van der Waals surface area contributed by atoms with Gasteiger partial charge in [-0.3, -0.25) is 0 Å². The smallest absolute Gasteiger partial charge is 0.153 e. The molecule has 1 N–H and O–H groups in total. The summed E-state index contributed by atoms with van der Waals surface area (Å²) in [5.74, 6) is 0. The van der Waals surface area contributed by atoms with Gasteiger partial charge in [0.25, 0.3) is 0 Å². The molecule has 0 saturated heterocycles. The van der Waals surface area contributed by atoms with E-state index in [4.69, 9.17) is 0 Å². The fraction of sp³-hybridized carbons (Fsp3) is 0.143. The molecule has 0 amide bonds. The minimum Gasteiger partial charge on any atom is -0.301 e. The Morgan fingerprint density at radius 2 is 1.95 bits per heavy atom. The molecular weight excluding hydrogens is 274 g/mol. The molecule has 2 aromatic carbocycles. The standard InChI is InChI=1S/C14H13N3O2S/c1-9-6-7-11(8-10(9)2)17-20(18)13-5-3-4-12-14(13)16-19-15-12/h3-8,17H,1-2H3. The van der Waals surface area contributed by atoms with E-state index in [1.54, 1.807) is 18.2 Å². The summed E-state index contributed by atoms with van der Waals surface area (Å²) >= 11 is 0. The Labute approximate surface area is 118 Å². The molecule has 0 bridgehead atoms. The summed E-state index contributed by atoms with van der Waals surface area (Å²) in [7, 11) is -1.41. The Morgan fingerprint density at radius 3 is 2.75 bits per heavy atom. The molecule has 0 radical (unpaired) electrons. The van der Waals surface area contributed by atoms with E-state index in [2.05, 4.69) is 19.7 Å². The normalized spacial score (nSPS) is 12.5. The SMILES string of the molecule is Cc1ccc(NS(=O)c2cccc3nonc23)cc1C. The number of rotatable bonds is 3. The maximum absolute atomic E-state index is 12.4. The van der Waals surface area contributed by atoms with Crippen molar-refractivity contribution in [1.29, 1.82) is 0 Å². The molecule has 0 aliphatic heterocycles. The number of fused-ring (bicyclic) bond motifs is 1. The summed E-state index contributed by atoms with van der Waals surface area (Å²) in [5.41, 5.74) is 4.26. The van der Waals surface area contributed by atoms with Gasteiger partial charge in [-0.05, 0) is 59.6 Å². The van der Waals surface area contributed by atoms with Crippen molar-refractivity contribution in [2.75, 3.05) is 4.72 Å². The molecule has 5 nitrogen and oxygen atoms in total. The van der Waals surface area contributed by atoms with Crippen molar-refractivity contribution in [3.05, 3.63) is 47.5 Å². The van der Waals surface area contributed by atoms with E-state index in [0.717, 1.165) is 11.3 Å². The summed E-state index contributed by atoms with van der Waals surface area (Å²) in [5, 5.41) is 7.54. The highest BCUT2D eigenvalue weighted by Gasteiger charge is 2.12. The van der Waals surface area contributed by atoms with Crippen LogP contribution in [0.1, 0.15) is 11.1 Å². The first-order valence-corrected chi connectivity index (χ1v) is 7.27. The van der Waals surface area contributed by atoms with Crippen LogP contribution in [-0.4, -0.2) is 14.5 Å². The van der Waals surface area contributed by atoms with Crippen molar-refractivity contribution in [3.8, 4) is 0 Å². The van der Waals surface area contributed by atoms with E-state index >= 15 is 0 Å². The second kappa shape index (κ2) is 5.05. The molecule has 0 saturated carbocycles. The summed E-state index contributed by atoms with van der Waals surface area (Å²) in [6.45, 7) is 4.06. The van der Waals surface area contributed by atoms with Crippen LogP contribution in [0.4, 0.5) is 5.69 Å². The first kappa shape index (κ1) is 12.8. The number of anilines is 1. The van der Waals surface area contributed by atoms with Crippen LogP contribution in [0, 0.1) is 13.8 Å². The maximum atomic E-state index is 12.4. The Kier molecular flexibility index (Phi) is 3.23. The van der Waals surface area contributed by atoms with Gasteiger partial charge in [0.1, 0.15) is 5.52 Å². The zero-order valence-corrected chi connectivity index (χ0v) is 11.9. The minimum atomic E-state index is -1.41. The molecule has 20 heavy (non-hydrogen) atoms. The number of nitrogens with zero attached hydrogens (tertiary/aromatic N) is 2. The second-order valence-corrected chi connectivity index (χ2v) is 5.74. The van der Waals surface area contributed by atoms with Crippen molar-refractivity contribution in [2.24, 2.45) is 0 Å². The molecule has 102 valence electrons. The van der Waals surface area contributed by atoms with Gasteiger partial charge in [0.05, 0.1) is 4.90 Å². The van der Waals surface area contributed by atoms with Crippen molar-refractivity contribution < 1.29 is 8.84 Å². The molecule has 3 rings (SSSR count). The average Bonchev–Trinajstić information content (AvgIpc) is 2.91. The predicted molar refractivity (Wildman–Crippen MR) is 77.8 cm³/mol. The fourth-order valence-corrected chi connectivity index (χ4v) is 2.87. The van der Waals surface area contributed by atoms with Crippen molar-refractivity contribution in [2.45, 2.75) is 18.7 Å². The van der Waals surface area contributed by atoms with Crippen LogP contribution in [0.5, 0.6) is 0 Å². The van der Waals surface area contributed by atoms with Crippen LogP contribution in [0.3, 0.4) is 0 Å². The highest BCUT2D eigenvalue weighted by Crippen LogP contribution is 2.21. The van der Waals surface area contributed by atoms with E-state index in [9.17, 15) is 4.21 Å². The lowest BCUT2D eigenvalue weighted by molar-refractivity contribution is 0.315. The van der Waals surface area contributed by atoms with Crippen molar-refractivity contribution >= 4 is 27.7 Å². The number of aromatic nitrogens is 2. The highest BCUT2D eigenvalue weighted by atomic mass is 32.2. The molecule has 0 fully saturated rings. The number of benzene rings is 2. The molecule has 0 aliphatic carbocycles. The van der Waals surface area contributed by atoms with Gasteiger partial charge in [0.2, 0.25) is 0 Å². The first-order chi connectivity index (χ1) is 9.65. The Balaban J connectivity index is 1.93. The van der Waals surface area contributed by atoms with Crippen LogP contribution in [0.15, 0.2) is 45.9 Å². The number of nitrogens with one attached hydrogen (secondary N) is 1. The molecule has 1 atom stereocenters. The highest BCUT2D eigenvalue weighted by molar-refractivity contribution is 7.86. The molecule has 1 unspecified atom stereocenters. The first-order valence-electron chi connectivity index (χ1n) is 6.12. The van der Waals surface area contributed by atoms with Gasteiger partial charge >= 0.3 is 0 Å². The third-order valence-corrected chi connectivity index (χ3v) is 4.32. The monoisotopic (exact) mass is 287 g/mol. The second-order valence-electron chi connectivity index (χ2n) is 4.56. The predicted octanol–water partition coefficient (Wildman–Crippen LogP) is 2.97. The molecular formula is C14H13N3O2S. The lowest BCUT2D eigenvalue weighted by Gasteiger charge is -2.08. The Bertz CT molecular complexity index is 798. The summed E-state index contributed by atoms with van der Waals surface area (Å²) in [6, 6.07) is 11.2. The van der Waals surface area contributed by atoms with Crippen LogP contribution >= 0.6 is 0 Å². The van der Waals surface area contributed by atoms with Gasteiger partial charge < -0.3 is 4.72 Å². The van der Waals surface area contributed by atoms with Crippen molar-refractivity contribution in [1.82, 2.24) is 10.3 Å². The quantitative estimate of drug-likeness (QED) is 0.804. The number of hydrogen-bond acceptors (Lipinski definition) is 4. The largest absolute Gasteiger partial charge is 0.301 e. The zero-order chi connectivity index (χ0) is 14.1. The molecule has 0 aliphatic rings. The van der Waals surface area contributed by atoms with Gasteiger partial charge in [-0.15, -0.1) is 0 Å². The number of aryl methyl sites for hydroxylation is 2. The maximum Gasteiger partial charge on any atom is 0.153 e. The van der Waals surface area contributed by atoms with Crippen LogP contribution < -0.4 is 4.72 Å². The molecule has 0 spiro atoms. The van der Waals surface area contributed by atoms with Crippen molar-refractivity contribution in [3.63, 3.8) is 0 Å². The van der Waals surface area contributed by atoms with E-state index in [-0.39, 0.29) is 0 Å². The van der Waals surface area contributed by atoms with Gasteiger partial charge in [0, 0.05) is 5.69 Å². The zero-order valence-electron chi connectivity index (χ0n) is 11.1. The fourth-order valence-electron chi connectivity index (χ4n) is 1.90. The average molecular weight is 287 g/mol. The topological polar surface area (TPSA) is 68.0 Å². The van der Waals surface area contributed by atoms with Gasteiger partial charge in [0.15, 0.2) is 16.5 Å². The van der Waals surface area contributed by atoms with E-state index in [1.165, 1.54) is 5.56 Å². The lowest BCUT2D eigenvalue weighted by atomic mass is 10.1. The lowest BCUT2D eigenvalue weighted by Crippen LogP contribution is -2.05. The summed E-state index contributed by atoms with van der Waals surface area (Å²) in [4.78, 5) is 0.557. The van der Waals surface area contributed by atoms with Crippen LogP contribution in [0.2, 0.25) is 0 Å². The Hall–Kier alpha value is -2.21. The third kappa shape index (κ3) is 2.30. The Morgan fingerprint density at radius 1 is 1.10 bits per heavy atom. The van der Waals surface area contributed by atoms with E-state index in [1.807, 2.05) is 32.0 Å². The van der Waals surface area contributed by atoms with Crippen LogP contribution in [-0.2, 0) is 11.0 Å². The molecule has 1 aromatic heterocycles. The van der Waals surface area contributed by atoms with Gasteiger partial charge in [-0.25, -0.2) is 8.84 Å². The van der Waals surface area contributed by atoms with Gasteiger partial charge in [-0.2, -0.15) is 0 Å². The molecule has 3 aromatic rings. The number of hydrogen-bond donors (Lipinski definition) is 1. The minimum absolute atomic E-state index is 0.516. The molecule has 1 heterocycles. The summed E-state index contributed by atoms with van der Waals surface area (Å²) in [6.07, 6.45) is 0. The van der Waals surface area contributed by atoms with E-state index < -0.39 is 11.0 Å². The third-order valence-electron chi connectivity index (χ3n) is 3.17.